The number of morpholine rings is 1. The average molecular weight is 319 g/mol. The van der Waals surface area contributed by atoms with Crippen LogP contribution in [0, 0.1) is 20.8 Å². The number of carbonyl (C=O) groups is 2. The molecule has 1 heterocycles. The molecule has 126 valence electrons. The van der Waals surface area contributed by atoms with Crippen LogP contribution in [0.3, 0.4) is 0 Å². The molecule has 1 aromatic carbocycles. The van der Waals surface area contributed by atoms with Crippen LogP contribution in [0.1, 0.15) is 22.3 Å². The third kappa shape index (κ3) is 4.45. The van der Waals surface area contributed by atoms with Gasteiger partial charge in [0.2, 0.25) is 5.91 Å². The average Bonchev–Trinajstić information content (AvgIpc) is 2.49. The highest BCUT2D eigenvalue weighted by Crippen LogP contribution is 2.16. The summed E-state index contributed by atoms with van der Waals surface area (Å²) in [7, 11) is 0. The number of hydrogen-bond acceptors (Lipinski definition) is 3. The molecule has 0 aromatic heterocycles. The molecule has 1 aliphatic rings. The number of nitrogens with one attached hydrogen (secondary N) is 1. The van der Waals surface area contributed by atoms with Crippen molar-refractivity contribution in [3.63, 3.8) is 0 Å². The van der Waals surface area contributed by atoms with Crippen molar-refractivity contribution in [2.75, 3.05) is 26.2 Å². The third-order valence-corrected chi connectivity index (χ3v) is 4.16. The molecule has 0 saturated carbocycles. The highest BCUT2D eigenvalue weighted by Gasteiger charge is 2.27. The van der Waals surface area contributed by atoms with Crippen LogP contribution >= 0.6 is 0 Å². The van der Waals surface area contributed by atoms with Crippen molar-refractivity contribution in [1.82, 2.24) is 10.2 Å². The van der Waals surface area contributed by atoms with Gasteiger partial charge in [-0.1, -0.05) is 17.7 Å². The number of urea groups is 1. The molecule has 2 rings (SSSR count). The van der Waals surface area contributed by atoms with E-state index in [4.69, 9.17) is 10.5 Å². The molecule has 0 spiro atoms. The number of primary amides is 1. The Hall–Kier alpha value is -2.08. The van der Waals surface area contributed by atoms with E-state index in [2.05, 4.69) is 38.2 Å². The Morgan fingerprint density at radius 2 is 1.96 bits per heavy atom. The summed E-state index contributed by atoms with van der Waals surface area (Å²) in [5.41, 5.74) is 10.2. The smallest absolute Gasteiger partial charge is 0.317 e. The molecule has 3 N–H and O–H groups in total. The lowest BCUT2D eigenvalue weighted by Crippen LogP contribution is -2.53. The quantitative estimate of drug-likeness (QED) is 0.870. The maximum absolute atomic E-state index is 12.2. The first kappa shape index (κ1) is 17.3. The number of nitrogens with zero attached hydrogens (tertiary/aromatic N) is 1. The fraction of sp³-hybridized carbons (Fsp3) is 0.529. The van der Waals surface area contributed by atoms with Gasteiger partial charge in [0.25, 0.3) is 0 Å². The lowest BCUT2D eigenvalue weighted by atomic mass is 9.97. The van der Waals surface area contributed by atoms with Crippen LogP contribution in [0.15, 0.2) is 12.1 Å². The van der Waals surface area contributed by atoms with Crippen LogP contribution in [0.25, 0.3) is 0 Å². The first-order chi connectivity index (χ1) is 10.9. The van der Waals surface area contributed by atoms with Gasteiger partial charge in [0, 0.05) is 13.1 Å². The first-order valence-electron chi connectivity index (χ1n) is 7.89. The van der Waals surface area contributed by atoms with E-state index < -0.39 is 12.0 Å². The molecule has 3 amide bonds. The summed E-state index contributed by atoms with van der Waals surface area (Å²) >= 11 is 0. The van der Waals surface area contributed by atoms with Gasteiger partial charge in [0.05, 0.1) is 13.2 Å². The van der Waals surface area contributed by atoms with E-state index >= 15 is 0 Å². The number of amides is 3. The molecule has 6 nitrogen and oxygen atoms in total. The molecule has 1 atom stereocenters. The van der Waals surface area contributed by atoms with Crippen molar-refractivity contribution in [2.45, 2.75) is 33.3 Å². The largest absolute Gasteiger partial charge is 0.367 e. The number of aryl methyl sites for hydroxylation is 3. The van der Waals surface area contributed by atoms with E-state index in [1.165, 1.54) is 22.3 Å². The standard InChI is InChI=1S/C17H25N3O3/c1-11-8-12(2)14(13(3)9-11)4-5-19-17(22)20-6-7-23-15(10-20)16(18)21/h8-9,15H,4-7,10H2,1-3H3,(H2,18,21)(H,19,22)/t15-/m1/s1. The van der Waals surface area contributed by atoms with Gasteiger partial charge in [-0.2, -0.15) is 0 Å². The first-order valence-corrected chi connectivity index (χ1v) is 7.89. The number of benzene rings is 1. The van der Waals surface area contributed by atoms with E-state index in [0.717, 1.165) is 6.42 Å². The fourth-order valence-electron chi connectivity index (χ4n) is 3.02. The van der Waals surface area contributed by atoms with Crippen molar-refractivity contribution in [3.8, 4) is 0 Å². The highest BCUT2D eigenvalue weighted by atomic mass is 16.5. The molecular weight excluding hydrogens is 294 g/mol. The molecule has 1 fully saturated rings. The zero-order valence-corrected chi connectivity index (χ0v) is 14.0. The second-order valence-electron chi connectivity index (χ2n) is 6.07. The number of ether oxygens (including phenoxy) is 1. The minimum Gasteiger partial charge on any atom is -0.367 e. The Labute approximate surface area is 137 Å². The van der Waals surface area contributed by atoms with E-state index in [-0.39, 0.29) is 12.6 Å². The van der Waals surface area contributed by atoms with Crippen LogP contribution in [0.2, 0.25) is 0 Å². The Morgan fingerprint density at radius 1 is 1.30 bits per heavy atom. The lowest BCUT2D eigenvalue weighted by molar-refractivity contribution is -0.133. The second-order valence-corrected chi connectivity index (χ2v) is 6.07. The minimum absolute atomic E-state index is 0.179. The Bertz CT molecular complexity index is 578. The fourth-order valence-corrected chi connectivity index (χ4v) is 3.02. The van der Waals surface area contributed by atoms with E-state index in [1.807, 2.05) is 0 Å². The third-order valence-electron chi connectivity index (χ3n) is 4.16. The van der Waals surface area contributed by atoms with Crippen LogP contribution in [0.4, 0.5) is 4.79 Å². The van der Waals surface area contributed by atoms with Gasteiger partial charge in [-0.05, 0) is 43.9 Å². The Balaban J connectivity index is 1.87. The van der Waals surface area contributed by atoms with Gasteiger partial charge in [-0.3, -0.25) is 4.79 Å². The topological polar surface area (TPSA) is 84.7 Å². The van der Waals surface area contributed by atoms with Crippen LogP contribution in [0.5, 0.6) is 0 Å². The van der Waals surface area contributed by atoms with Gasteiger partial charge < -0.3 is 20.7 Å². The predicted molar refractivity (Wildman–Crippen MR) is 88.3 cm³/mol. The highest BCUT2D eigenvalue weighted by molar-refractivity contribution is 5.81. The zero-order chi connectivity index (χ0) is 17.0. The maximum Gasteiger partial charge on any atom is 0.317 e. The molecule has 1 aromatic rings. The summed E-state index contributed by atoms with van der Waals surface area (Å²) in [6.07, 6.45) is 0.0730. The summed E-state index contributed by atoms with van der Waals surface area (Å²) < 4.78 is 5.24. The van der Waals surface area contributed by atoms with E-state index in [0.29, 0.717) is 19.7 Å². The number of nitrogens with two attached hydrogens (primary N) is 1. The normalized spacial score (nSPS) is 17.9. The van der Waals surface area contributed by atoms with Crippen molar-refractivity contribution in [1.29, 1.82) is 0 Å². The Kier molecular flexibility index (Phi) is 5.60. The van der Waals surface area contributed by atoms with Gasteiger partial charge >= 0.3 is 6.03 Å². The van der Waals surface area contributed by atoms with Crippen molar-refractivity contribution in [3.05, 3.63) is 34.4 Å². The minimum atomic E-state index is -0.712. The van der Waals surface area contributed by atoms with Gasteiger partial charge in [-0.15, -0.1) is 0 Å². The molecule has 6 heteroatoms. The SMILES string of the molecule is Cc1cc(C)c(CCNC(=O)N2CCO[C@@H](C(N)=O)C2)c(C)c1. The van der Waals surface area contributed by atoms with Gasteiger partial charge in [-0.25, -0.2) is 4.79 Å². The summed E-state index contributed by atoms with van der Waals surface area (Å²) in [6.45, 7) is 7.84. The number of carbonyl (C=O) groups excluding carboxylic acids is 2. The maximum atomic E-state index is 12.2. The molecule has 0 bridgehead atoms. The monoisotopic (exact) mass is 319 g/mol. The number of hydrogen-bond donors (Lipinski definition) is 2. The predicted octanol–water partition coefficient (Wildman–Crippen LogP) is 1.05. The molecule has 23 heavy (non-hydrogen) atoms. The molecule has 0 radical (unpaired) electrons. The van der Waals surface area contributed by atoms with Crippen molar-refractivity contribution < 1.29 is 14.3 Å². The van der Waals surface area contributed by atoms with Crippen molar-refractivity contribution in [2.24, 2.45) is 5.73 Å². The van der Waals surface area contributed by atoms with E-state index in [9.17, 15) is 9.59 Å². The Morgan fingerprint density at radius 3 is 2.57 bits per heavy atom. The van der Waals surface area contributed by atoms with Crippen LogP contribution < -0.4 is 11.1 Å². The van der Waals surface area contributed by atoms with E-state index in [1.54, 1.807) is 4.90 Å². The second kappa shape index (κ2) is 7.46. The molecular formula is C17H25N3O3. The molecule has 1 aliphatic heterocycles. The molecule has 1 saturated heterocycles. The van der Waals surface area contributed by atoms with Crippen LogP contribution in [-0.4, -0.2) is 49.2 Å². The number of rotatable bonds is 4. The van der Waals surface area contributed by atoms with Crippen molar-refractivity contribution >= 4 is 11.9 Å². The zero-order valence-electron chi connectivity index (χ0n) is 14.0. The summed E-state index contributed by atoms with van der Waals surface area (Å²) in [4.78, 5) is 24.9. The molecule has 0 unspecified atom stereocenters. The van der Waals surface area contributed by atoms with Crippen LogP contribution in [-0.2, 0) is 16.0 Å². The van der Waals surface area contributed by atoms with Gasteiger partial charge in [0.1, 0.15) is 0 Å². The summed E-state index contributed by atoms with van der Waals surface area (Å²) in [5, 5.41) is 2.91. The lowest BCUT2D eigenvalue weighted by Gasteiger charge is -2.31. The summed E-state index contributed by atoms with van der Waals surface area (Å²) in [6, 6.07) is 4.13. The summed E-state index contributed by atoms with van der Waals surface area (Å²) in [5.74, 6) is -0.534. The molecule has 0 aliphatic carbocycles. The van der Waals surface area contributed by atoms with Gasteiger partial charge in [0.15, 0.2) is 6.10 Å².